The minimum atomic E-state index is -3.63. The van der Waals surface area contributed by atoms with E-state index in [-0.39, 0.29) is 10.8 Å². The second-order valence-corrected chi connectivity index (χ2v) is 10.1. The van der Waals surface area contributed by atoms with Crippen LogP contribution in [0.15, 0.2) is 41.3 Å². The van der Waals surface area contributed by atoms with E-state index in [1.807, 2.05) is 19.1 Å². The first kappa shape index (κ1) is 24.1. The molecule has 2 aromatic rings. The first-order chi connectivity index (χ1) is 15.3. The Bertz CT molecular complexity index is 1060. The number of carbonyl (C=O) groups excluding carboxylic acids is 1. The fraction of sp³-hybridized carbons (Fsp3) is 0.458. The van der Waals surface area contributed by atoms with Gasteiger partial charge >= 0.3 is 0 Å². The molecule has 1 aliphatic rings. The number of rotatable bonds is 7. The molecule has 0 atom stereocenters. The van der Waals surface area contributed by atoms with E-state index >= 15 is 0 Å². The number of nitrogens with zero attached hydrogens (tertiary/aromatic N) is 2. The minimum Gasteiger partial charge on any atom is -0.493 e. The lowest BCUT2D eigenvalue weighted by atomic mass is 10.1. The van der Waals surface area contributed by atoms with Crippen molar-refractivity contribution in [2.45, 2.75) is 44.0 Å². The molecule has 0 unspecified atom stereocenters. The van der Waals surface area contributed by atoms with Gasteiger partial charge in [-0.1, -0.05) is 25.0 Å². The maximum Gasteiger partial charge on any atom is 0.254 e. The number of sulfonamides is 1. The van der Waals surface area contributed by atoms with E-state index in [0.717, 1.165) is 36.8 Å². The molecule has 1 amide bonds. The van der Waals surface area contributed by atoms with Crippen LogP contribution in [-0.4, -0.2) is 57.9 Å². The van der Waals surface area contributed by atoms with Gasteiger partial charge in [0.1, 0.15) is 0 Å². The summed E-state index contributed by atoms with van der Waals surface area (Å²) < 4.78 is 38.5. The van der Waals surface area contributed by atoms with Crippen LogP contribution in [0.25, 0.3) is 0 Å². The summed E-state index contributed by atoms with van der Waals surface area (Å²) in [6, 6.07) is 10.3. The minimum absolute atomic E-state index is 0.174. The van der Waals surface area contributed by atoms with Crippen molar-refractivity contribution in [2.24, 2.45) is 0 Å². The fourth-order valence-electron chi connectivity index (χ4n) is 3.95. The predicted octanol–water partition coefficient (Wildman–Crippen LogP) is 3.85. The number of amides is 1. The summed E-state index contributed by atoms with van der Waals surface area (Å²) in [5.74, 6) is 0.977. The first-order valence-corrected chi connectivity index (χ1v) is 12.3. The second-order valence-electron chi connectivity index (χ2n) is 8.15. The average molecular weight is 461 g/mol. The number of benzene rings is 2. The molecule has 1 aliphatic heterocycles. The van der Waals surface area contributed by atoms with Gasteiger partial charge in [-0.3, -0.25) is 4.79 Å². The summed E-state index contributed by atoms with van der Waals surface area (Å²) in [5, 5.41) is 0. The summed E-state index contributed by atoms with van der Waals surface area (Å²) >= 11 is 0. The van der Waals surface area contributed by atoms with Crippen molar-refractivity contribution in [1.29, 1.82) is 0 Å². The van der Waals surface area contributed by atoms with Crippen molar-refractivity contribution in [2.75, 3.05) is 34.4 Å². The molecule has 32 heavy (non-hydrogen) atoms. The Morgan fingerprint density at radius 1 is 0.969 bits per heavy atom. The van der Waals surface area contributed by atoms with Crippen molar-refractivity contribution in [3.05, 3.63) is 53.1 Å². The highest BCUT2D eigenvalue weighted by Gasteiger charge is 2.27. The van der Waals surface area contributed by atoms with E-state index in [9.17, 15) is 13.2 Å². The van der Waals surface area contributed by atoms with Gasteiger partial charge in [-0.2, -0.15) is 4.31 Å². The molecule has 2 aromatic carbocycles. The topological polar surface area (TPSA) is 76.2 Å². The summed E-state index contributed by atoms with van der Waals surface area (Å²) in [5.41, 5.74) is 2.01. The Hall–Kier alpha value is -2.58. The zero-order valence-electron chi connectivity index (χ0n) is 19.3. The predicted molar refractivity (Wildman–Crippen MR) is 124 cm³/mol. The number of hydrogen-bond acceptors (Lipinski definition) is 5. The van der Waals surface area contributed by atoms with Gasteiger partial charge in [0.25, 0.3) is 5.91 Å². The molecule has 0 aromatic heterocycles. The Morgan fingerprint density at radius 3 is 2.25 bits per heavy atom. The molecule has 0 saturated carbocycles. The van der Waals surface area contributed by atoms with E-state index in [0.29, 0.717) is 36.7 Å². The van der Waals surface area contributed by atoms with Crippen molar-refractivity contribution in [3.63, 3.8) is 0 Å². The monoisotopic (exact) mass is 460 g/mol. The smallest absolute Gasteiger partial charge is 0.254 e. The van der Waals surface area contributed by atoms with Crippen molar-refractivity contribution in [1.82, 2.24) is 9.21 Å². The van der Waals surface area contributed by atoms with E-state index in [2.05, 4.69) is 0 Å². The molecule has 0 bridgehead atoms. The lowest BCUT2D eigenvalue weighted by Gasteiger charge is -2.22. The lowest BCUT2D eigenvalue weighted by molar-refractivity contribution is 0.0784. The van der Waals surface area contributed by atoms with E-state index in [1.54, 1.807) is 48.7 Å². The Balaban J connectivity index is 1.83. The molecule has 3 rings (SSSR count). The third-order valence-electron chi connectivity index (χ3n) is 5.86. The molecular weight excluding hydrogens is 428 g/mol. The standard InChI is InChI=1S/C24H32N2O5S/c1-18-9-11-20(32(28,29)26-13-7-5-6-8-14-26)16-21(18)24(27)25(2)17-19-10-12-22(30-3)23(15-19)31-4/h9-12,15-16H,5-8,13-14,17H2,1-4H3. The summed E-state index contributed by atoms with van der Waals surface area (Å²) in [7, 11) is 1.21. The first-order valence-electron chi connectivity index (χ1n) is 10.8. The second kappa shape index (κ2) is 10.4. The van der Waals surface area contributed by atoms with E-state index in [4.69, 9.17) is 9.47 Å². The molecule has 0 radical (unpaired) electrons. The maximum absolute atomic E-state index is 13.2. The number of aryl methyl sites for hydroxylation is 1. The van der Waals surface area contributed by atoms with Crippen LogP contribution in [0.3, 0.4) is 0 Å². The number of methoxy groups -OCH3 is 2. The van der Waals surface area contributed by atoms with E-state index < -0.39 is 10.0 Å². The quantitative estimate of drug-likeness (QED) is 0.627. The van der Waals surface area contributed by atoms with Gasteiger partial charge in [0, 0.05) is 32.2 Å². The molecular formula is C24H32N2O5S. The van der Waals surface area contributed by atoms with Crippen LogP contribution in [0.4, 0.5) is 0 Å². The van der Waals surface area contributed by atoms with Crippen LogP contribution in [0.5, 0.6) is 11.5 Å². The van der Waals surface area contributed by atoms with Gasteiger partial charge in [0.15, 0.2) is 11.5 Å². The molecule has 0 aliphatic carbocycles. The number of ether oxygens (including phenoxy) is 2. The Kier molecular flexibility index (Phi) is 7.79. The molecule has 0 spiro atoms. The molecule has 8 heteroatoms. The molecule has 1 saturated heterocycles. The van der Waals surface area contributed by atoms with Crippen molar-refractivity contribution in [3.8, 4) is 11.5 Å². The summed E-state index contributed by atoms with van der Waals surface area (Å²) in [6.45, 7) is 3.22. The highest BCUT2D eigenvalue weighted by atomic mass is 32.2. The number of carbonyl (C=O) groups is 1. The lowest BCUT2D eigenvalue weighted by Crippen LogP contribution is -2.32. The van der Waals surface area contributed by atoms with Crippen LogP contribution < -0.4 is 9.47 Å². The SMILES string of the molecule is COc1ccc(CN(C)C(=O)c2cc(S(=O)(=O)N3CCCCCC3)ccc2C)cc1OC. The molecule has 174 valence electrons. The average Bonchev–Trinajstić information content (AvgIpc) is 3.09. The highest BCUT2D eigenvalue weighted by molar-refractivity contribution is 7.89. The maximum atomic E-state index is 13.2. The van der Waals surface area contributed by atoms with Gasteiger partial charge in [-0.25, -0.2) is 8.42 Å². The fourth-order valence-corrected chi connectivity index (χ4v) is 5.50. The molecule has 7 nitrogen and oxygen atoms in total. The van der Waals surface area contributed by atoms with Gasteiger partial charge in [0.2, 0.25) is 10.0 Å². The normalized spacial score (nSPS) is 15.1. The van der Waals surface area contributed by atoms with Crippen molar-refractivity contribution < 1.29 is 22.7 Å². The Morgan fingerprint density at radius 2 is 1.62 bits per heavy atom. The van der Waals surface area contributed by atoms with Gasteiger partial charge in [-0.15, -0.1) is 0 Å². The third-order valence-corrected chi connectivity index (χ3v) is 7.75. The van der Waals surface area contributed by atoms with Crippen molar-refractivity contribution >= 4 is 15.9 Å². The zero-order chi connectivity index (χ0) is 23.3. The summed E-state index contributed by atoms with van der Waals surface area (Å²) in [6.07, 6.45) is 3.82. The van der Waals surface area contributed by atoms with Crippen LogP contribution >= 0.6 is 0 Å². The van der Waals surface area contributed by atoms with Gasteiger partial charge in [0.05, 0.1) is 19.1 Å². The third kappa shape index (κ3) is 5.24. The van der Waals surface area contributed by atoms with Crippen LogP contribution in [-0.2, 0) is 16.6 Å². The van der Waals surface area contributed by atoms with Crippen LogP contribution in [0.2, 0.25) is 0 Å². The largest absolute Gasteiger partial charge is 0.493 e. The van der Waals surface area contributed by atoms with Gasteiger partial charge < -0.3 is 14.4 Å². The zero-order valence-corrected chi connectivity index (χ0v) is 20.1. The highest BCUT2D eigenvalue weighted by Crippen LogP contribution is 2.28. The Labute approximate surface area is 191 Å². The molecule has 0 N–H and O–H groups in total. The van der Waals surface area contributed by atoms with Crippen LogP contribution in [0.1, 0.15) is 47.2 Å². The summed E-state index contributed by atoms with van der Waals surface area (Å²) in [4.78, 5) is 15.0. The van der Waals surface area contributed by atoms with Crippen LogP contribution in [0, 0.1) is 6.92 Å². The van der Waals surface area contributed by atoms with Gasteiger partial charge in [-0.05, 0) is 55.2 Å². The number of hydrogen-bond donors (Lipinski definition) is 0. The van der Waals surface area contributed by atoms with E-state index in [1.165, 1.54) is 6.07 Å². The molecule has 1 heterocycles. The molecule has 1 fully saturated rings.